The largest absolute Gasteiger partial charge is 0.481 e. The van der Waals surface area contributed by atoms with Gasteiger partial charge >= 0.3 is 5.97 Å². The Balaban J connectivity index is 2.28. The van der Waals surface area contributed by atoms with Crippen LogP contribution in [0, 0.1) is 5.92 Å². The number of hydrogen-bond donors (Lipinski definition) is 1. The molecule has 1 aliphatic rings. The Hall–Kier alpha value is -1.35. The summed E-state index contributed by atoms with van der Waals surface area (Å²) >= 11 is 0. The summed E-state index contributed by atoms with van der Waals surface area (Å²) in [5.74, 6) is -0.627. The lowest BCUT2D eigenvalue weighted by atomic mass is 9.93. The van der Waals surface area contributed by atoms with Crippen LogP contribution in [-0.2, 0) is 14.9 Å². The molecule has 3 nitrogen and oxygen atoms in total. The average molecular weight is 206 g/mol. The third kappa shape index (κ3) is 1.53. The first-order valence-electron chi connectivity index (χ1n) is 4.99. The van der Waals surface area contributed by atoms with Crippen molar-refractivity contribution in [3.8, 4) is 0 Å². The van der Waals surface area contributed by atoms with Crippen molar-refractivity contribution in [2.75, 3.05) is 13.7 Å². The molecule has 2 rings (SSSR count). The van der Waals surface area contributed by atoms with Gasteiger partial charge in [0.15, 0.2) is 0 Å². The number of aliphatic carboxylic acids is 1. The zero-order chi connectivity index (χ0) is 10.9. The molecule has 1 aliphatic carbocycles. The SMILES string of the molecule is COC[C@@H]1C[C@]1(C(=O)O)c1ccccc1. The summed E-state index contributed by atoms with van der Waals surface area (Å²) in [6.45, 7) is 0.515. The first-order chi connectivity index (χ1) is 7.21. The minimum atomic E-state index is -0.740. The quantitative estimate of drug-likeness (QED) is 0.815. The third-order valence-electron chi connectivity index (χ3n) is 3.14. The van der Waals surface area contributed by atoms with E-state index in [1.807, 2.05) is 30.3 Å². The molecule has 3 heteroatoms. The van der Waals surface area contributed by atoms with Crippen LogP contribution < -0.4 is 0 Å². The molecule has 0 aliphatic heterocycles. The van der Waals surface area contributed by atoms with Gasteiger partial charge in [-0.25, -0.2) is 0 Å². The second-order valence-corrected chi connectivity index (χ2v) is 4.00. The van der Waals surface area contributed by atoms with Crippen LogP contribution in [0.4, 0.5) is 0 Å². The first kappa shape index (κ1) is 10.2. The summed E-state index contributed by atoms with van der Waals surface area (Å²) in [6, 6.07) is 9.41. The Morgan fingerprint density at radius 1 is 1.53 bits per heavy atom. The smallest absolute Gasteiger partial charge is 0.314 e. The fraction of sp³-hybridized carbons (Fsp3) is 0.417. The standard InChI is InChI=1S/C12H14O3/c1-15-8-10-7-12(10,11(13)14)9-5-3-2-4-6-9/h2-6,10H,7-8H2,1H3,(H,13,14)/t10-,12-/m0/s1. The first-order valence-corrected chi connectivity index (χ1v) is 4.99. The van der Waals surface area contributed by atoms with E-state index in [1.54, 1.807) is 7.11 Å². The van der Waals surface area contributed by atoms with Crippen LogP contribution in [0.5, 0.6) is 0 Å². The number of rotatable bonds is 4. The molecular weight excluding hydrogens is 192 g/mol. The van der Waals surface area contributed by atoms with E-state index in [4.69, 9.17) is 4.74 Å². The normalized spacial score (nSPS) is 28.7. The maximum atomic E-state index is 11.3. The maximum Gasteiger partial charge on any atom is 0.314 e. The third-order valence-corrected chi connectivity index (χ3v) is 3.14. The summed E-state index contributed by atoms with van der Waals surface area (Å²) in [6.07, 6.45) is 0.681. The van der Waals surface area contributed by atoms with Crippen LogP contribution in [-0.4, -0.2) is 24.8 Å². The molecule has 0 unspecified atom stereocenters. The predicted molar refractivity (Wildman–Crippen MR) is 55.7 cm³/mol. The van der Waals surface area contributed by atoms with E-state index in [2.05, 4.69) is 0 Å². The van der Waals surface area contributed by atoms with E-state index in [0.29, 0.717) is 13.0 Å². The Morgan fingerprint density at radius 2 is 2.20 bits per heavy atom. The lowest BCUT2D eigenvalue weighted by Crippen LogP contribution is -2.23. The number of hydrogen-bond acceptors (Lipinski definition) is 2. The monoisotopic (exact) mass is 206 g/mol. The molecule has 0 amide bonds. The predicted octanol–water partition coefficient (Wildman–Crippen LogP) is 1.68. The van der Waals surface area contributed by atoms with Crippen molar-refractivity contribution in [3.63, 3.8) is 0 Å². The molecule has 1 aromatic carbocycles. The number of carboxylic acids is 1. The second kappa shape index (κ2) is 3.66. The molecule has 2 atom stereocenters. The highest BCUT2D eigenvalue weighted by Crippen LogP contribution is 2.54. The molecule has 0 saturated heterocycles. The fourth-order valence-electron chi connectivity index (χ4n) is 2.21. The number of carboxylic acid groups (broad SMARTS) is 1. The van der Waals surface area contributed by atoms with E-state index in [-0.39, 0.29) is 5.92 Å². The topological polar surface area (TPSA) is 46.5 Å². The molecule has 0 radical (unpaired) electrons. The van der Waals surface area contributed by atoms with Gasteiger partial charge in [-0.3, -0.25) is 4.79 Å². The number of carbonyl (C=O) groups is 1. The van der Waals surface area contributed by atoms with Crippen LogP contribution in [0.25, 0.3) is 0 Å². The zero-order valence-corrected chi connectivity index (χ0v) is 8.64. The molecule has 0 heterocycles. The lowest BCUT2D eigenvalue weighted by Gasteiger charge is -2.12. The molecular formula is C12H14O3. The average Bonchev–Trinajstić information content (AvgIpc) is 2.96. The van der Waals surface area contributed by atoms with Crippen molar-refractivity contribution >= 4 is 5.97 Å². The van der Waals surface area contributed by atoms with Gasteiger partial charge in [0.1, 0.15) is 0 Å². The van der Waals surface area contributed by atoms with Gasteiger partial charge in [-0.2, -0.15) is 0 Å². The van der Waals surface area contributed by atoms with Crippen molar-refractivity contribution < 1.29 is 14.6 Å². The summed E-state index contributed by atoms with van der Waals surface area (Å²) < 4.78 is 5.03. The molecule has 0 aromatic heterocycles. The highest BCUT2D eigenvalue weighted by Gasteiger charge is 2.61. The Labute approximate surface area is 88.7 Å². The molecule has 0 spiro atoms. The zero-order valence-electron chi connectivity index (χ0n) is 8.64. The van der Waals surface area contributed by atoms with Gasteiger partial charge in [0.05, 0.1) is 12.0 Å². The van der Waals surface area contributed by atoms with Gasteiger partial charge in [0.2, 0.25) is 0 Å². The van der Waals surface area contributed by atoms with Gasteiger partial charge in [0, 0.05) is 13.0 Å². The van der Waals surface area contributed by atoms with Gasteiger partial charge in [0.25, 0.3) is 0 Å². The molecule has 1 aromatic rings. The van der Waals surface area contributed by atoms with Gasteiger partial charge < -0.3 is 9.84 Å². The fourth-order valence-corrected chi connectivity index (χ4v) is 2.21. The minimum Gasteiger partial charge on any atom is -0.481 e. The Bertz CT molecular complexity index is 360. The molecule has 80 valence electrons. The Kier molecular flexibility index (Phi) is 2.49. The maximum absolute atomic E-state index is 11.3. The summed E-state index contributed by atoms with van der Waals surface area (Å²) in [5, 5.41) is 9.30. The van der Waals surface area contributed by atoms with E-state index >= 15 is 0 Å². The van der Waals surface area contributed by atoms with Crippen LogP contribution in [0.15, 0.2) is 30.3 Å². The van der Waals surface area contributed by atoms with Crippen LogP contribution in [0.3, 0.4) is 0 Å². The minimum absolute atomic E-state index is 0.113. The van der Waals surface area contributed by atoms with E-state index < -0.39 is 11.4 Å². The lowest BCUT2D eigenvalue weighted by molar-refractivity contribution is -0.140. The molecule has 1 saturated carbocycles. The van der Waals surface area contributed by atoms with Crippen LogP contribution >= 0.6 is 0 Å². The van der Waals surface area contributed by atoms with Crippen molar-refractivity contribution in [3.05, 3.63) is 35.9 Å². The number of ether oxygens (including phenoxy) is 1. The van der Waals surface area contributed by atoms with E-state index in [1.165, 1.54) is 0 Å². The molecule has 0 bridgehead atoms. The Morgan fingerprint density at radius 3 is 2.73 bits per heavy atom. The van der Waals surface area contributed by atoms with Gasteiger partial charge in [-0.1, -0.05) is 30.3 Å². The van der Waals surface area contributed by atoms with Crippen LogP contribution in [0.2, 0.25) is 0 Å². The molecule has 15 heavy (non-hydrogen) atoms. The number of benzene rings is 1. The number of methoxy groups -OCH3 is 1. The highest BCUT2D eigenvalue weighted by atomic mass is 16.5. The van der Waals surface area contributed by atoms with Crippen LogP contribution in [0.1, 0.15) is 12.0 Å². The highest BCUT2D eigenvalue weighted by molar-refractivity contribution is 5.85. The van der Waals surface area contributed by atoms with E-state index in [0.717, 1.165) is 5.56 Å². The summed E-state index contributed by atoms with van der Waals surface area (Å²) in [4.78, 5) is 11.3. The summed E-state index contributed by atoms with van der Waals surface area (Å²) in [7, 11) is 1.61. The molecule has 1 N–H and O–H groups in total. The van der Waals surface area contributed by atoms with Crippen molar-refractivity contribution in [2.45, 2.75) is 11.8 Å². The second-order valence-electron chi connectivity index (χ2n) is 4.00. The van der Waals surface area contributed by atoms with Crippen molar-refractivity contribution in [1.29, 1.82) is 0 Å². The molecule has 1 fully saturated rings. The van der Waals surface area contributed by atoms with Crippen molar-refractivity contribution in [2.24, 2.45) is 5.92 Å². The van der Waals surface area contributed by atoms with Gasteiger partial charge in [-0.05, 0) is 12.0 Å². The van der Waals surface area contributed by atoms with Crippen molar-refractivity contribution in [1.82, 2.24) is 0 Å². The summed E-state index contributed by atoms with van der Waals surface area (Å²) in [5.41, 5.74) is 0.191. The van der Waals surface area contributed by atoms with Gasteiger partial charge in [-0.15, -0.1) is 0 Å². The van der Waals surface area contributed by atoms with E-state index in [9.17, 15) is 9.90 Å².